The minimum Gasteiger partial charge on any atom is -0.301 e. The van der Waals surface area contributed by atoms with Gasteiger partial charge in [0.25, 0.3) is 0 Å². The molecule has 3 unspecified atom stereocenters. The minimum atomic E-state index is -0.241. The van der Waals surface area contributed by atoms with E-state index in [1.807, 2.05) is 0 Å². The van der Waals surface area contributed by atoms with Crippen molar-refractivity contribution in [1.82, 2.24) is 15.1 Å². The van der Waals surface area contributed by atoms with Crippen molar-refractivity contribution in [3.63, 3.8) is 0 Å². The van der Waals surface area contributed by atoms with Gasteiger partial charge in [-0.15, -0.1) is 0 Å². The van der Waals surface area contributed by atoms with Crippen molar-refractivity contribution in [2.75, 3.05) is 26.7 Å². The number of rotatable bonds is 4. The van der Waals surface area contributed by atoms with Gasteiger partial charge >= 0.3 is 0 Å². The van der Waals surface area contributed by atoms with E-state index in [9.17, 15) is 5.26 Å². The van der Waals surface area contributed by atoms with E-state index in [1.165, 1.54) is 51.7 Å². The lowest BCUT2D eigenvalue weighted by Gasteiger charge is -2.47. The average molecular weight is 290 g/mol. The molecule has 1 heterocycles. The quantitative estimate of drug-likeness (QED) is 0.859. The van der Waals surface area contributed by atoms with Gasteiger partial charge in [0.15, 0.2) is 0 Å². The predicted octanol–water partition coefficient (Wildman–Crippen LogP) is 1.97. The van der Waals surface area contributed by atoms with Gasteiger partial charge in [-0.3, -0.25) is 10.2 Å². The molecule has 0 radical (unpaired) electrons. The first-order chi connectivity index (χ1) is 10.2. The van der Waals surface area contributed by atoms with E-state index in [4.69, 9.17) is 0 Å². The second-order valence-corrected chi connectivity index (χ2v) is 7.40. The Balaban J connectivity index is 1.63. The molecule has 4 heteroatoms. The van der Waals surface area contributed by atoms with Crippen LogP contribution in [0.1, 0.15) is 51.9 Å². The summed E-state index contributed by atoms with van der Waals surface area (Å²) in [5.41, 5.74) is -0.241. The van der Waals surface area contributed by atoms with Gasteiger partial charge in [0.2, 0.25) is 0 Å². The number of nitrogens with one attached hydrogen (secondary N) is 1. The number of nitrogens with zero attached hydrogens (tertiary/aromatic N) is 3. The molecule has 2 saturated carbocycles. The van der Waals surface area contributed by atoms with E-state index in [2.05, 4.69) is 35.2 Å². The highest BCUT2D eigenvalue weighted by atomic mass is 15.3. The van der Waals surface area contributed by atoms with Crippen LogP contribution in [0.2, 0.25) is 0 Å². The second kappa shape index (κ2) is 6.24. The van der Waals surface area contributed by atoms with Gasteiger partial charge in [0.1, 0.15) is 5.54 Å². The summed E-state index contributed by atoms with van der Waals surface area (Å²) in [6.45, 7) is 5.82. The van der Waals surface area contributed by atoms with Gasteiger partial charge in [-0.2, -0.15) is 5.26 Å². The maximum absolute atomic E-state index is 9.74. The van der Waals surface area contributed by atoms with Gasteiger partial charge in [-0.05, 0) is 52.0 Å². The molecule has 0 bridgehead atoms. The van der Waals surface area contributed by atoms with Crippen molar-refractivity contribution in [3.8, 4) is 6.07 Å². The van der Waals surface area contributed by atoms with Crippen molar-refractivity contribution >= 4 is 0 Å². The molecule has 0 spiro atoms. The molecular weight excluding hydrogens is 260 g/mol. The average Bonchev–Trinajstić information content (AvgIpc) is 3.32. The van der Waals surface area contributed by atoms with Crippen LogP contribution in [0.3, 0.4) is 0 Å². The molecule has 0 aromatic heterocycles. The third-order valence-corrected chi connectivity index (χ3v) is 5.79. The molecule has 21 heavy (non-hydrogen) atoms. The van der Waals surface area contributed by atoms with Crippen molar-refractivity contribution in [1.29, 1.82) is 5.26 Å². The van der Waals surface area contributed by atoms with E-state index in [1.54, 1.807) is 0 Å². The maximum atomic E-state index is 9.74. The Morgan fingerprint density at radius 2 is 2.10 bits per heavy atom. The number of hydrogen-bond acceptors (Lipinski definition) is 4. The number of nitriles is 1. The van der Waals surface area contributed by atoms with Crippen LogP contribution in [0.4, 0.5) is 0 Å². The van der Waals surface area contributed by atoms with Crippen LogP contribution < -0.4 is 5.32 Å². The summed E-state index contributed by atoms with van der Waals surface area (Å²) in [5.74, 6) is 0. The van der Waals surface area contributed by atoms with Crippen molar-refractivity contribution < 1.29 is 0 Å². The van der Waals surface area contributed by atoms with E-state index >= 15 is 0 Å². The highest BCUT2D eigenvalue weighted by Gasteiger charge is 2.42. The van der Waals surface area contributed by atoms with Crippen molar-refractivity contribution in [2.24, 2.45) is 0 Å². The van der Waals surface area contributed by atoms with E-state index in [0.717, 1.165) is 12.8 Å². The van der Waals surface area contributed by atoms with Crippen LogP contribution in [0.25, 0.3) is 0 Å². The van der Waals surface area contributed by atoms with Crippen LogP contribution in [-0.4, -0.2) is 60.1 Å². The Hall–Kier alpha value is -0.630. The zero-order chi connectivity index (χ0) is 14.9. The molecule has 118 valence electrons. The lowest BCUT2D eigenvalue weighted by Crippen LogP contribution is -2.58. The standard InChI is InChI=1S/C17H30N4/c1-3-15-12-21(10-9-20(15)2)16-5-4-8-17(11-16,13-18)19-14-6-7-14/h14-16,19H,3-12H2,1-2H3. The largest absolute Gasteiger partial charge is 0.301 e. The normalized spacial score (nSPS) is 39.1. The summed E-state index contributed by atoms with van der Waals surface area (Å²) in [5, 5.41) is 13.4. The SMILES string of the molecule is CCC1CN(C2CCCC(C#N)(NC3CC3)C2)CCN1C. The summed E-state index contributed by atoms with van der Waals surface area (Å²) in [6.07, 6.45) is 8.29. The lowest BCUT2D eigenvalue weighted by molar-refractivity contribution is 0.0371. The lowest BCUT2D eigenvalue weighted by atomic mass is 9.79. The van der Waals surface area contributed by atoms with Gasteiger partial charge in [0, 0.05) is 37.8 Å². The highest BCUT2D eigenvalue weighted by molar-refractivity contribution is 5.13. The number of piperazine rings is 1. The minimum absolute atomic E-state index is 0.241. The Kier molecular flexibility index (Phi) is 4.54. The summed E-state index contributed by atoms with van der Waals surface area (Å²) in [4.78, 5) is 5.17. The van der Waals surface area contributed by atoms with Crippen LogP contribution >= 0.6 is 0 Å². The molecule has 1 saturated heterocycles. The molecule has 3 aliphatic rings. The first-order valence-corrected chi connectivity index (χ1v) is 8.79. The first-order valence-electron chi connectivity index (χ1n) is 8.79. The summed E-state index contributed by atoms with van der Waals surface area (Å²) >= 11 is 0. The van der Waals surface area contributed by atoms with Crippen LogP contribution in [0.5, 0.6) is 0 Å². The third-order valence-electron chi connectivity index (χ3n) is 5.79. The summed E-state index contributed by atoms with van der Waals surface area (Å²) in [6, 6.07) is 4.56. The summed E-state index contributed by atoms with van der Waals surface area (Å²) in [7, 11) is 2.25. The van der Waals surface area contributed by atoms with Crippen LogP contribution in [0, 0.1) is 11.3 Å². The molecule has 4 nitrogen and oxygen atoms in total. The third kappa shape index (κ3) is 3.41. The second-order valence-electron chi connectivity index (χ2n) is 7.40. The van der Waals surface area contributed by atoms with Gasteiger partial charge in [-0.1, -0.05) is 6.92 Å². The summed E-state index contributed by atoms with van der Waals surface area (Å²) < 4.78 is 0. The van der Waals surface area contributed by atoms with Crippen molar-refractivity contribution in [2.45, 2.75) is 75.5 Å². The molecule has 3 rings (SSSR count). The van der Waals surface area contributed by atoms with Crippen LogP contribution in [-0.2, 0) is 0 Å². The van der Waals surface area contributed by atoms with E-state index in [0.29, 0.717) is 18.1 Å². The Bertz CT molecular complexity index is 400. The molecule has 1 N–H and O–H groups in total. The molecule has 3 atom stereocenters. The Morgan fingerprint density at radius 3 is 2.76 bits per heavy atom. The number of hydrogen-bond donors (Lipinski definition) is 1. The van der Waals surface area contributed by atoms with E-state index in [-0.39, 0.29) is 5.54 Å². The zero-order valence-corrected chi connectivity index (χ0v) is 13.6. The monoisotopic (exact) mass is 290 g/mol. The molecule has 2 aliphatic carbocycles. The maximum Gasteiger partial charge on any atom is 0.108 e. The fourth-order valence-electron chi connectivity index (χ4n) is 4.18. The van der Waals surface area contributed by atoms with Crippen LogP contribution in [0.15, 0.2) is 0 Å². The predicted molar refractivity (Wildman–Crippen MR) is 85.0 cm³/mol. The smallest absolute Gasteiger partial charge is 0.108 e. The zero-order valence-electron chi connectivity index (χ0n) is 13.6. The highest BCUT2D eigenvalue weighted by Crippen LogP contribution is 2.35. The van der Waals surface area contributed by atoms with Gasteiger partial charge in [0.05, 0.1) is 6.07 Å². The topological polar surface area (TPSA) is 42.3 Å². The molecule has 3 fully saturated rings. The van der Waals surface area contributed by atoms with Crippen molar-refractivity contribution in [3.05, 3.63) is 0 Å². The Labute approximate surface area is 129 Å². The van der Waals surface area contributed by atoms with Gasteiger partial charge < -0.3 is 4.90 Å². The molecule has 0 amide bonds. The molecular formula is C17H30N4. The van der Waals surface area contributed by atoms with Gasteiger partial charge in [-0.25, -0.2) is 0 Å². The fraction of sp³-hybridized carbons (Fsp3) is 0.941. The number of likely N-dealkylation sites (N-methyl/N-ethyl adjacent to an activating group) is 1. The molecule has 0 aromatic carbocycles. The van der Waals surface area contributed by atoms with E-state index < -0.39 is 0 Å². The fourth-order valence-corrected chi connectivity index (χ4v) is 4.18. The Morgan fingerprint density at radius 1 is 1.29 bits per heavy atom. The molecule has 1 aliphatic heterocycles. The molecule has 0 aromatic rings. The first kappa shape index (κ1) is 15.3.